The first kappa shape index (κ1) is 23.0. The van der Waals surface area contributed by atoms with Gasteiger partial charge in [0.15, 0.2) is 0 Å². The van der Waals surface area contributed by atoms with Crippen molar-refractivity contribution in [2.45, 2.75) is 122 Å². The van der Waals surface area contributed by atoms with Gasteiger partial charge in [-0.05, 0) is 55.8 Å². The zero-order valence-corrected chi connectivity index (χ0v) is 18.5. The summed E-state index contributed by atoms with van der Waals surface area (Å²) in [4.78, 5) is 0. The maximum Gasteiger partial charge on any atom is 0.0644 e. The Bertz CT molecular complexity index is 360. The molecule has 2 aliphatic rings. The molecule has 158 valence electrons. The van der Waals surface area contributed by atoms with Crippen LogP contribution in [-0.4, -0.2) is 13.2 Å². The highest BCUT2D eigenvalue weighted by molar-refractivity contribution is 4.88. The maximum atomic E-state index is 5.81. The highest BCUT2D eigenvalue weighted by atomic mass is 16.5. The van der Waals surface area contributed by atoms with Crippen LogP contribution in [0.4, 0.5) is 0 Å². The Balaban J connectivity index is 1.73. The van der Waals surface area contributed by atoms with Gasteiger partial charge in [-0.1, -0.05) is 90.0 Å². The van der Waals surface area contributed by atoms with E-state index in [0.717, 1.165) is 25.0 Å². The lowest BCUT2D eigenvalue weighted by Crippen LogP contribution is -2.32. The number of unbranched alkanes of at least 4 members (excludes halogenated alkanes) is 6. The standard InChI is InChI=1S/C26H48O/c1-3-5-6-7-8-9-13-18-26(21-23-27-22-4-2)19-16-25(17-20-26)24-14-11-10-12-15-24/h4,24-25H,2-3,5-23H2,1H3. The Morgan fingerprint density at radius 2 is 1.44 bits per heavy atom. The van der Waals surface area contributed by atoms with E-state index in [-0.39, 0.29) is 0 Å². The maximum absolute atomic E-state index is 5.81. The molecule has 2 aliphatic carbocycles. The van der Waals surface area contributed by atoms with Crippen LogP contribution in [0.15, 0.2) is 12.7 Å². The lowest BCUT2D eigenvalue weighted by molar-refractivity contribution is 0.0487. The van der Waals surface area contributed by atoms with Gasteiger partial charge in [0.05, 0.1) is 6.61 Å². The average Bonchev–Trinajstić information content (AvgIpc) is 2.72. The highest BCUT2D eigenvalue weighted by Crippen LogP contribution is 2.49. The molecule has 0 aliphatic heterocycles. The van der Waals surface area contributed by atoms with Crippen LogP contribution in [0, 0.1) is 17.3 Å². The van der Waals surface area contributed by atoms with Crippen molar-refractivity contribution in [1.29, 1.82) is 0 Å². The van der Waals surface area contributed by atoms with E-state index < -0.39 is 0 Å². The van der Waals surface area contributed by atoms with Crippen LogP contribution in [0.5, 0.6) is 0 Å². The van der Waals surface area contributed by atoms with Gasteiger partial charge in [0.25, 0.3) is 0 Å². The predicted octanol–water partition coefficient (Wildman–Crippen LogP) is 8.48. The molecule has 0 radical (unpaired) electrons. The molecule has 1 nitrogen and oxygen atoms in total. The van der Waals surface area contributed by atoms with Gasteiger partial charge in [0, 0.05) is 6.61 Å². The average molecular weight is 377 g/mol. The Hall–Kier alpha value is -0.300. The molecule has 0 aromatic rings. The van der Waals surface area contributed by atoms with Gasteiger partial charge < -0.3 is 4.74 Å². The second kappa shape index (κ2) is 13.8. The van der Waals surface area contributed by atoms with E-state index in [1.165, 1.54) is 116 Å². The van der Waals surface area contributed by atoms with Crippen molar-refractivity contribution in [2.24, 2.45) is 17.3 Å². The molecule has 0 heterocycles. The van der Waals surface area contributed by atoms with E-state index in [0.29, 0.717) is 5.41 Å². The molecule has 2 rings (SSSR count). The van der Waals surface area contributed by atoms with E-state index in [1.54, 1.807) is 0 Å². The van der Waals surface area contributed by atoms with Crippen LogP contribution in [-0.2, 0) is 4.74 Å². The van der Waals surface area contributed by atoms with Gasteiger partial charge in [0.2, 0.25) is 0 Å². The van der Waals surface area contributed by atoms with Crippen molar-refractivity contribution in [3.63, 3.8) is 0 Å². The summed E-state index contributed by atoms with van der Waals surface area (Å²) < 4.78 is 5.81. The first-order valence-electron chi connectivity index (χ1n) is 12.5. The smallest absolute Gasteiger partial charge is 0.0644 e. The van der Waals surface area contributed by atoms with Crippen molar-refractivity contribution in [3.8, 4) is 0 Å². The zero-order valence-electron chi connectivity index (χ0n) is 18.5. The molecule has 0 N–H and O–H groups in total. The Labute approximate surface area is 170 Å². The van der Waals surface area contributed by atoms with Crippen LogP contribution in [0.3, 0.4) is 0 Å². The Kier molecular flexibility index (Phi) is 11.8. The quantitative estimate of drug-likeness (QED) is 0.218. The number of hydrogen-bond donors (Lipinski definition) is 0. The van der Waals surface area contributed by atoms with Crippen molar-refractivity contribution >= 4 is 0 Å². The summed E-state index contributed by atoms with van der Waals surface area (Å²) in [5, 5.41) is 0. The second-order valence-corrected chi connectivity index (χ2v) is 9.72. The highest BCUT2D eigenvalue weighted by Gasteiger charge is 2.37. The monoisotopic (exact) mass is 376 g/mol. The number of rotatable bonds is 14. The lowest BCUT2D eigenvalue weighted by atomic mass is 9.62. The fraction of sp³-hybridized carbons (Fsp3) is 0.923. The normalized spacial score (nSPS) is 26.9. The minimum atomic E-state index is 0.593. The summed E-state index contributed by atoms with van der Waals surface area (Å²) in [7, 11) is 0. The van der Waals surface area contributed by atoms with Gasteiger partial charge >= 0.3 is 0 Å². The van der Waals surface area contributed by atoms with Crippen LogP contribution >= 0.6 is 0 Å². The molecule has 0 aromatic carbocycles. The molecule has 0 spiro atoms. The van der Waals surface area contributed by atoms with Crippen molar-refractivity contribution in [3.05, 3.63) is 12.7 Å². The summed E-state index contributed by atoms with van der Waals surface area (Å²) in [6.45, 7) is 7.76. The molecule has 0 unspecified atom stereocenters. The van der Waals surface area contributed by atoms with E-state index in [1.807, 2.05) is 6.08 Å². The molecule has 2 fully saturated rings. The minimum absolute atomic E-state index is 0.593. The largest absolute Gasteiger partial charge is 0.377 e. The Morgan fingerprint density at radius 1 is 0.815 bits per heavy atom. The van der Waals surface area contributed by atoms with Crippen molar-refractivity contribution < 1.29 is 4.74 Å². The fourth-order valence-corrected chi connectivity index (χ4v) is 5.87. The van der Waals surface area contributed by atoms with E-state index in [2.05, 4.69) is 13.5 Å². The summed E-state index contributed by atoms with van der Waals surface area (Å²) in [5.41, 5.74) is 0.593. The molecule has 0 atom stereocenters. The first-order chi connectivity index (χ1) is 13.3. The summed E-state index contributed by atoms with van der Waals surface area (Å²) in [6, 6.07) is 0. The summed E-state index contributed by atoms with van der Waals surface area (Å²) in [6.07, 6.45) is 28.2. The third-order valence-electron chi connectivity index (χ3n) is 7.73. The van der Waals surface area contributed by atoms with Crippen molar-refractivity contribution in [1.82, 2.24) is 0 Å². The van der Waals surface area contributed by atoms with E-state index >= 15 is 0 Å². The third kappa shape index (κ3) is 8.71. The molecule has 0 bridgehead atoms. The van der Waals surface area contributed by atoms with Crippen LogP contribution in [0.25, 0.3) is 0 Å². The number of hydrogen-bond acceptors (Lipinski definition) is 1. The van der Waals surface area contributed by atoms with Crippen LogP contribution in [0.2, 0.25) is 0 Å². The van der Waals surface area contributed by atoms with Gasteiger partial charge in [-0.25, -0.2) is 0 Å². The van der Waals surface area contributed by atoms with Crippen LogP contribution in [0.1, 0.15) is 122 Å². The van der Waals surface area contributed by atoms with Crippen molar-refractivity contribution in [2.75, 3.05) is 13.2 Å². The second-order valence-electron chi connectivity index (χ2n) is 9.72. The minimum Gasteiger partial charge on any atom is -0.377 e. The molecule has 27 heavy (non-hydrogen) atoms. The lowest BCUT2D eigenvalue weighted by Gasteiger charge is -2.43. The Morgan fingerprint density at radius 3 is 2.11 bits per heavy atom. The molecular formula is C26H48O. The van der Waals surface area contributed by atoms with E-state index in [9.17, 15) is 0 Å². The zero-order chi connectivity index (χ0) is 19.2. The first-order valence-corrected chi connectivity index (χ1v) is 12.5. The predicted molar refractivity (Wildman–Crippen MR) is 119 cm³/mol. The van der Waals surface area contributed by atoms with Gasteiger partial charge in [0.1, 0.15) is 0 Å². The topological polar surface area (TPSA) is 9.23 Å². The molecular weight excluding hydrogens is 328 g/mol. The summed E-state index contributed by atoms with van der Waals surface area (Å²) >= 11 is 0. The third-order valence-corrected chi connectivity index (χ3v) is 7.73. The SMILES string of the molecule is C=CCOCCC1(CCCCCCCCC)CCC(C2CCCCC2)CC1. The van der Waals surface area contributed by atoms with Gasteiger partial charge in [-0.15, -0.1) is 6.58 Å². The molecule has 0 aromatic heterocycles. The molecule has 2 saturated carbocycles. The van der Waals surface area contributed by atoms with Gasteiger partial charge in [-0.3, -0.25) is 0 Å². The molecule has 0 amide bonds. The number of ether oxygens (including phenoxy) is 1. The fourth-order valence-electron chi connectivity index (χ4n) is 5.87. The molecule has 1 heteroatoms. The van der Waals surface area contributed by atoms with E-state index in [4.69, 9.17) is 4.74 Å². The van der Waals surface area contributed by atoms with Gasteiger partial charge in [-0.2, -0.15) is 0 Å². The van der Waals surface area contributed by atoms with Crippen LogP contribution < -0.4 is 0 Å². The summed E-state index contributed by atoms with van der Waals surface area (Å²) in [5.74, 6) is 2.11. The molecule has 0 saturated heterocycles.